The summed E-state index contributed by atoms with van der Waals surface area (Å²) in [5.74, 6) is -0.834. The molecule has 2 rings (SSSR count). The molecule has 0 amide bonds. The maximum Gasteiger partial charge on any atom is 0.264 e. The number of nitrogens with one attached hydrogen (secondary N) is 1. The summed E-state index contributed by atoms with van der Waals surface area (Å²) in [6.07, 6.45) is 1.29. The van der Waals surface area contributed by atoms with Crippen molar-refractivity contribution in [1.82, 2.24) is 4.98 Å². The van der Waals surface area contributed by atoms with Crippen LogP contribution < -0.4 is 10.5 Å². The standard InChI is InChI=1S/C13H11FN4O2S/c1-8-5-9(16)7-17-13(8)18-21(19,20)12-4-2-3-11(14)10(12)6-15/h2-5,7H,16H2,1H3,(H,17,18). The lowest BCUT2D eigenvalue weighted by Gasteiger charge is -2.11. The molecule has 0 unspecified atom stereocenters. The van der Waals surface area contributed by atoms with E-state index >= 15 is 0 Å². The SMILES string of the molecule is Cc1cc(N)cnc1NS(=O)(=O)c1cccc(F)c1C#N. The maximum atomic E-state index is 13.5. The van der Waals surface area contributed by atoms with E-state index in [-0.39, 0.29) is 5.82 Å². The third-order valence-electron chi connectivity index (χ3n) is 2.71. The molecule has 1 heterocycles. The summed E-state index contributed by atoms with van der Waals surface area (Å²) < 4.78 is 40.3. The lowest BCUT2D eigenvalue weighted by molar-refractivity contribution is 0.593. The molecule has 0 spiro atoms. The van der Waals surface area contributed by atoms with E-state index in [2.05, 4.69) is 9.71 Å². The number of anilines is 2. The van der Waals surface area contributed by atoms with Gasteiger partial charge in [-0.3, -0.25) is 4.72 Å². The van der Waals surface area contributed by atoms with Crippen LogP contribution in [0.2, 0.25) is 0 Å². The Kier molecular flexibility index (Phi) is 3.78. The number of rotatable bonds is 3. The first kappa shape index (κ1) is 14.7. The third kappa shape index (κ3) is 2.93. The highest BCUT2D eigenvalue weighted by Gasteiger charge is 2.22. The number of aryl methyl sites for hydroxylation is 1. The average molecular weight is 306 g/mol. The first-order valence-corrected chi connectivity index (χ1v) is 7.27. The van der Waals surface area contributed by atoms with Gasteiger partial charge in [-0.25, -0.2) is 17.8 Å². The van der Waals surface area contributed by atoms with Crippen LogP contribution in [0.5, 0.6) is 0 Å². The summed E-state index contributed by atoms with van der Waals surface area (Å²) in [6, 6.07) is 6.47. The Hall–Kier alpha value is -2.66. The van der Waals surface area contributed by atoms with Gasteiger partial charge in [0.2, 0.25) is 0 Å². The number of sulfonamides is 1. The van der Waals surface area contributed by atoms with Crippen molar-refractivity contribution in [3.63, 3.8) is 0 Å². The summed E-state index contributed by atoms with van der Waals surface area (Å²) in [6.45, 7) is 1.62. The summed E-state index contributed by atoms with van der Waals surface area (Å²) in [7, 11) is -4.13. The Bertz CT molecular complexity index is 844. The third-order valence-corrected chi connectivity index (χ3v) is 4.09. The Morgan fingerprint density at radius 2 is 2.14 bits per heavy atom. The summed E-state index contributed by atoms with van der Waals surface area (Å²) in [5, 5.41) is 8.91. The number of pyridine rings is 1. The second-order valence-electron chi connectivity index (χ2n) is 4.26. The molecular formula is C13H11FN4O2S. The minimum atomic E-state index is -4.13. The maximum absolute atomic E-state index is 13.5. The van der Waals surface area contributed by atoms with Crippen LogP contribution in [0.4, 0.5) is 15.9 Å². The number of nitrogens with zero attached hydrogens (tertiary/aromatic N) is 2. The van der Waals surface area contributed by atoms with Crippen molar-refractivity contribution in [1.29, 1.82) is 5.26 Å². The highest BCUT2D eigenvalue weighted by Crippen LogP contribution is 2.22. The number of halogens is 1. The molecule has 0 saturated carbocycles. The molecule has 0 saturated heterocycles. The van der Waals surface area contributed by atoms with Crippen LogP contribution in [-0.2, 0) is 10.0 Å². The van der Waals surface area contributed by atoms with Crippen LogP contribution in [0.25, 0.3) is 0 Å². The second kappa shape index (κ2) is 5.38. The average Bonchev–Trinajstić information content (AvgIpc) is 2.41. The van der Waals surface area contributed by atoms with E-state index in [0.717, 1.165) is 12.1 Å². The van der Waals surface area contributed by atoms with Gasteiger partial charge in [0.1, 0.15) is 28.2 Å². The zero-order chi connectivity index (χ0) is 15.6. The topological polar surface area (TPSA) is 109 Å². The molecule has 0 bridgehead atoms. The molecule has 0 aliphatic rings. The molecule has 8 heteroatoms. The number of aromatic nitrogens is 1. The summed E-state index contributed by atoms with van der Waals surface area (Å²) >= 11 is 0. The molecule has 108 valence electrons. The van der Waals surface area contributed by atoms with Crippen molar-refractivity contribution in [3.8, 4) is 6.07 Å². The fraction of sp³-hybridized carbons (Fsp3) is 0.0769. The van der Waals surface area contributed by atoms with E-state index in [1.165, 1.54) is 12.3 Å². The van der Waals surface area contributed by atoms with Crippen LogP contribution in [0.1, 0.15) is 11.1 Å². The van der Waals surface area contributed by atoms with Gasteiger partial charge >= 0.3 is 0 Å². The highest BCUT2D eigenvalue weighted by atomic mass is 32.2. The van der Waals surface area contributed by atoms with Crippen molar-refractivity contribution >= 4 is 21.5 Å². The lowest BCUT2D eigenvalue weighted by atomic mass is 10.2. The Morgan fingerprint density at radius 3 is 2.76 bits per heavy atom. The van der Waals surface area contributed by atoms with Gasteiger partial charge in [-0.2, -0.15) is 5.26 Å². The largest absolute Gasteiger partial charge is 0.397 e. The van der Waals surface area contributed by atoms with Crippen LogP contribution in [0.3, 0.4) is 0 Å². The van der Waals surface area contributed by atoms with E-state index in [1.807, 2.05) is 0 Å². The van der Waals surface area contributed by atoms with Gasteiger partial charge < -0.3 is 5.73 Å². The van der Waals surface area contributed by atoms with E-state index in [4.69, 9.17) is 11.0 Å². The van der Waals surface area contributed by atoms with Gasteiger partial charge in [0.25, 0.3) is 10.0 Å². The molecule has 2 aromatic rings. The molecule has 0 fully saturated rings. The van der Waals surface area contributed by atoms with E-state index in [0.29, 0.717) is 11.3 Å². The van der Waals surface area contributed by atoms with Gasteiger partial charge in [0, 0.05) is 0 Å². The number of nitrogens with two attached hydrogens (primary N) is 1. The van der Waals surface area contributed by atoms with E-state index < -0.39 is 26.3 Å². The van der Waals surface area contributed by atoms with E-state index in [1.54, 1.807) is 19.1 Å². The fourth-order valence-corrected chi connectivity index (χ4v) is 2.97. The summed E-state index contributed by atoms with van der Waals surface area (Å²) in [5.41, 5.74) is 5.89. The van der Waals surface area contributed by atoms with Crippen molar-refractivity contribution in [2.24, 2.45) is 0 Å². The van der Waals surface area contributed by atoms with Gasteiger partial charge in [-0.1, -0.05) is 6.07 Å². The minimum Gasteiger partial charge on any atom is -0.397 e. The molecule has 21 heavy (non-hydrogen) atoms. The number of nitriles is 1. The number of hydrogen-bond donors (Lipinski definition) is 2. The Labute approximate surface area is 121 Å². The molecule has 1 aromatic carbocycles. The van der Waals surface area contributed by atoms with Crippen LogP contribution in [-0.4, -0.2) is 13.4 Å². The molecule has 0 aliphatic carbocycles. The monoisotopic (exact) mass is 306 g/mol. The fourth-order valence-electron chi connectivity index (χ4n) is 1.72. The Balaban J connectivity index is 2.49. The van der Waals surface area contributed by atoms with Crippen LogP contribution >= 0.6 is 0 Å². The molecule has 1 aromatic heterocycles. The molecule has 0 radical (unpaired) electrons. The lowest BCUT2D eigenvalue weighted by Crippen LogP contribution is -2.16. The quantitative estimate of drug-likeness (QED) is 0.898. The normalized spacial score (nSPS) is 10.9. The molecular weight excluding hydrogens is 295 g/mol. The summed E-state index contributed by atoms with van der Waals surface area (Å²) in [4.78, 5) is 3.43. The zero-order valence-corrected chi connectivity index (χ0v) is 11.8. The number of hydrogen-bond acceptors (Lipinski definition) is 5. The van der Waals surface area contributed by atoms with Gasteiger partial charge in [0.05, 0.1) is 11.9 Å². The minimum absolute atomic E-state index is 0.0670. The highest BCUT2D eigenvalue weighted by molar-refractivity contribution is 7.92. The number of benzene rings is 1. The van der Waals surface area contributed by atoms with Gasteiger partial charge in [0.15, 0.2) is 0 Å². The van der Waals surface area contributed by atoms with Gasteiger partial charge in [-0.15, -0.1) is 0 Å². The predicted octanol–water partition coefficient (Wildman–Crippen LogP) is 1.78. The van der Waals surface area contributed by atoms with Crippen molar-refractivity contribution in [2.75, 3.05) is 10.5 Å². The smallest absolute Gasteiger partial charge is 0.264 e. The molecule has 0 aliphatic heterocycles. The van der Waals surface area contributed by atoms with Crippen LogP contribution in [0, 0.1) is 24.1 Å². The molecule has 0 atom stereocenters. The molecule has 3 N–H and O–H groups in total. The van der Waals surface area contributed by atoms with Gasteiger partial charge in [-0.05, 0) is 30.7 Å². The molecule has 6 nitrogen and oxygen atoms in total. The first-order chi connectivity index (χ1) is 9.85. The first-order valence-electron chi connectivity index (χ1n) is 5.78. The number of nitrogen functional groups attached to an aromatic ring is 1. The van der Waals surface area contributed by atoms with Crippen LogP contribution in [0.15, 0.2) is 35.4 Å². The van der Waals surface area contributed by atoms with E-state index in [9.17, 15) is 12.8 Å². The Morgan fingerprint density at radius 1 is 1.43 bits per heavy atom. The van der Waals surface area contributed by atoms with Crippen molar-refractivity contribution < 1.29 is 12.8 Å². The van der Waals surface area contributed by atoms with Crippen molar-refractivity contribution in [2.45, 2.75) is 11.8 Å². The van der Waals surface area contributed by atoms with Crippen molar-refractivity contribution in [3.05, 3.63) is 47.4 Å². The second-order valence-corrected chi connectivity index (χ2v) is 5.92. The predicted molar refractivity (Wildman–Crippen MR) is 75.3 cm³/mol. The zero-order valence-electron chi connectivity index (χ0n) is 11.0.